The van der Waals surface area contributed by atoms with Gasteiger partial charge in [-0.3, -0.25) is 0 Å². The lowest BCUT2D eigenvalue weighted by Crippen LogP contribution is -2.44. The molecule has 1 atom stereocenters. The lowest BCUT2D eigenvalue weighted by Gasteiger charge is -2.23. The van der Waals surface area contributed by atoms with Crippen LogP contribution in [0.4, 0.5) is 4.79 Å². The minimum absolute atomic E-state index is 0.356. The van der Waals surface area contributed by atoms with Crippen molar-refractivity contribution >= 4 is 49.6 Å². The highest BCUT2D eigenvalue weighted by Gasteiger charge is 2.25. The van der Waals surface area contributed by atoms with Gasteiger partial charge < -0.3 is 23.8 Å². The molecule has 0 saturated heterocycles. The zero-order valence-electron chi connectivity index (χ0n) is 28.8. The smallest absolute Gasteiger partial charge is 0.408 e. The summed E-state index contributed by atoms with van der Waals surface area (Å²) < 4.78 is 24.2. The maximum absolute atomic E-state index is 12.6. The molecule has 0 aliphatic heterocycles. The lowest BCUT2D eigenvalue weighted by molar-refractivity contribution is -0.143. The maximum Gasteiger partial charge on any atom is 0.408 e. The molecule has 1 amide bonds. The van der Waals surface area contributed by atoms with Crippen LogP contribution in [0.3, 0.4) is 0 Å². The Bertz CT molecular complexity index is 1620. The van der Waals surface area contributed by atoms with E-state index in [4.69, 9.17) is 18.5 Å². The number of alkyl carbamates (subject to hydrolysis) is 1. The van der Waals surface area contributed by atoms with Gasteiger partial charge in [0.15, 0.2) is 16.3 Å². The average Bonchev–Trinajstić information content (AvgIpc) is 3.13. The van der Waals surface area contributed by atoms with Gasteiger partial charge in [-0.1, -0.05) is 121 Å². The van der Waals surface area contributed by atoms with E-state index in [-0.39, 0.29) is 0 Å². The molecule has 258 valence electrons. The highest BCUT2D eigenvalue weighted by Crippen LogP contribution is 2.42. The highest BCUT2D eigenvalue weighted by atomic mass is 31.1. The quantitative estimate of drug-likeness (QED) is 0.0933. The first-order chi connectivity index (χ1) is 24.2. The summed E-state index contributed by atoms with van der Waals surface area (Å²) in [5.74, 6) is 0.845. The topological polar surface area (TPSA) is 83.1 Å². The van der Waals surface area contributed by atoms with E-state index in [9.17, 15) is 9.59 Å². The Balaban J connectivity index is 1.46. The predicted octanol–water partition coefficient (Wildman–Crippen LogP) is 7.93. The van der Waals surface area contributed by atoms with Crippen molar-refractivity contribution in [2.75, 3.05) is 7.11 Å². The lowest BCUT2D eigenvalue weighted by atomic mass is 10.0. The summed E-state index contributed by atoms with van der Waals surface area (Å²) in [6.45, 7) is 5.33. The minimum atomic E-state index is -1.19. The average molecular weight is 708 g/mol. The number of esters is 1. The molecule has 0 heterocycles. The van der Waals surface area contributed by atoms with E-state index in [1.54, 1.807) is 20.8 Å². The molecule has 1 N–H and O–H groups in total. The standard InChI is InChI=1S/C41H43NO6P2/c1-41(2,3)46-40(44)42-38(39(43)45-4)27-17-18-31-28-32(47-49(34-19-9-5-10-20-34)35-21-11-6-12-22-35)30-33(29-31)48-50(36-23-13-7-14-24-36)37-25-15-8-16-26-37/h5-16,19-26,28-30,38H,17-18,27H2,1-4H3,(H,42,44)/t38-/m0/s1. The Hall–Kier alpha value is -4.70. The van der Waals surface area contributed by atoms with Gasteiger partial charge >= 0.3 is 12.1 Å². The Kier molecular flexibility index (Phi) is 13.0. The first-order valence-electron chi connectivity index (χ1n) is 16.6. The first kappa shape index (κ1) is 36.6. The molecule has 0 aliphatic rings. The normalized spacial score (nSPS) is 11.9. The van der Waals surface area contributed by atoms with Gasteiger partial charge in [-0.05, 0) is 57.7 Å². The van der Waals surface area contributed by atoms with Crippen LogP contribution in [0.1, 0.15) is 39.2 Å². The number of benzene rings is 5. The summed E-state index contributed by atoms with van der Waals surface area (Å²) >= 11 is 0. The number of hydrogen-bond donors (Lipinski definition) is 1. The summed E-state index contributed by atoms with van der Waals surface area (Å²) in [6.07, 6.45) is 0.871. The molecular weight excluding hydrogens is 664 g/mol. The molecule has 9 heteroatoms. The van der Waals surface area contributed by atoms with Crippen LogP contribution in [-0.2, 0) is 20.7 Å². The fraction of sp³-hybridized carbons (Fsp3) is 0.220. The molecule has 0 saturated carbocycles. The second-order valence-electron chi connectivity index (χ2n) is 12.5. The number of amides is 1. The molecule has 0 spiro atoms. The van der Waals surface area contributed by atoms with E-state index >= 15 is 0 Å². The molecule has 5 aromatic rings. The van der Waals surface area contributed by atoms with E-state index in [0.717, 1.165) is 26.8 Å². The number of carbonyl (C=O) groups is 2. The monoisotopic (exact) mass is 707 g/mol. The molecule has 50 heavy (non-hydrogen) atoms. The summed E-state index contributed by atoms with van der Waals surface area (Å²) in [6, 6.07) is 46.1. The Morgan fingerprint density at radius 1 is 0.640 bits per heavy atom. The number of methoxy groups -OCH3 is 1. The van der Waals surface area contributed by atoms with Crippen LogP contribution in [0.5, 0.6) is 11.5 Å². The SMILES string of the molecule is COC(=O)[C@H](CCCc1cc(OP(c2ccccc2)c2ccccc2)cc(OP(c2ccccc2)c2ccccc2)c1)NC(=O)OC(C)(C)C. The van der Waals surface area contributed by atoms with Crippen molar-refractivity contribution in [3.8, 4) is 11.5 Å². The number of hydrogen-bond acceptors (Lipinski definition) is 6. The van der Waals surface area contributed by atoms with E-state index in [1.165, 1.54) is 7.11 Å². The second kappa shape index (κ2) is 17.8. The van der Waals surface area contributed by atoms with E-state index in [2.05, 4.69) is 53.8 Å². The van der Waals surface area contributed by atoms with Crippen LogP contribution in [-0.4, -0.2) is 30.8 Å². The third-order valence-electron chi connectivity index (χ3n) is 7.43. The van der Waals surface area contributed by atoms with Crippen molar-refractivity contribution in [2.24, 2.45) is 0 Å². The van der Waals surface area contributed by atoms with Gasteiger partial charge in [0.1, 0.15) is 23.1 Å². The summed E-state index contributed by atoms with van der Waals surface area (Å²) in [7, 11) is -1.07. The van der Waals surface area contributed by atoms with Crippen LogP contribution < -0.4 is 35.6 Å². The molecule has 0 bridgehead atoms. The van der Waals surface area contributed by atoms with Crippen molar-refractivity contribution in [3.05, 3.63) is 145 Å². The Labute approximate surface area is 297 Å². The van der Waals surface area contributed by atoms with Crippen LogP contribution in [0.15, 0.2) is 140 Å². The van der Waals surface area contributed by atoms with Crippen LogP contribution in [0.2, 0.25) is 0 Å². The van der Waals surface area contributed by atoms with Gasteiger partial charge in [0.25, 0.3) is 0 Å². The van der Waals surface area contributed by atoms with Crippen molar-refractivity contribution in [2.45, 2.75) is 51.7 Å². The van der Waals surface area contributed by atoms with Crippen molar-refractivity contribution in [1.29, 1.82) is 0 Å². The van der Waals surface area contributed by atoms with E-state index < -0.39 is 40.0 Å². The van der Waals surface area contributed by atoms with Gasteiger partial charge in [-0.2, -0.15) is 0 Å². The van der Waals surface area contributed by atoms with Gasteiger partial charge in [-0.15, -0.1) is 0 Å². The van der Waals surface area contributed by atoms with Crippen LogP contribution in [0.25, 0.3) is 0 Å². The van der Waals surface area contributed by atoms with Crippen molar-refractivity contribution in [3.63, 3.8) is 0 Å². The largest absolute Gasteiger partial charge is 0.467 e. The first-order valence-corrected chi connectivity index (χ1v) is 19.1. The number of nitrogens with one attached hydrogen (secondary N) is 1. The number of rotatable bonds is 14. The van der Waals surface area contributed by atoms with Crippen molar-refractivity contribution in [1.82, 2.24) is 5.32 Å². The van der Waals surface area contributed by atoms with Crippen LogP contribution >= 0.6 is 16.3 Å². The van der Waals surface area contributed by atoms with Gasteiger partial charge in [-0.25, -0.2) is 9.59 Å². The number of ether oxygens (including phenoxy) is 2. The zero-order valence-corrected chi connectivity index (χ0v) is 30.6. The molecule has 0 aliphatic carbocycles. The highest BCUT2D eigenvalue weighted by molar-refractivity contribution is 7.69. The number of aryl methyl sites for hydroxylation is 1. The Morgan fingerprint density at radius 3 is 1.40 bits per heavy atom. The third kappa shape index (κ3) is 10.9. The maximum atomic E-state index is 12.6. The Morgan fingerprint density at radius 2 is 1.04 bits per heavy atom. The molecule has 5 rings (SSSR count). The van der Waals surface area contributed by atoms with E-state index in [1.807, 2.05) is 91.0 Å². The summed E-state index contributed by atoms with van der Waals surface area (Å²) in [5, 5.41) is 7.04. The van der Waals surface area contributed by atoms with Crippen LogP contribution in [0, 0.1) is 0 Å². The molecule has 0 aromatic heterocycles. The van der Waals surface area contributed by atoms with Gasteiger partial charge in [0.2, 0.25) is 0 Å². The zero-order chi connectivity index (χ0) is 35.3. The summed E-state index contributed by atoms with van der Waals surface area (Å²) in [5.41, 5.74) is 0.282. The predicted molar refractivity (Wildman–Crippen MR) is 204 cm³/mol. The molecule has 5 aromatic carbocycles. The van der Waals surface area contributed by atoms with Crippen molar-refractivity contribution < 1.29 is 28.1 Å². The molecular formula is C41H43NO6P2. The summed E-state index contributed by atoms with van der Waals surface area (Å²) in [4.78, 5) is 25.1. The molecule has 0 radical (unpaired) electrons. The molecule has 0 unspecified atom stereocenters. The fourth-order valence-electron chi connectivity index (χ4n) is 5.21. The van der Waals surface area contributed by atoms with Gasteiger partial charge in [0.05, 0.1) is 7.11 Å². The second-order valence-corrected chi connectivity index (χ2v) is 16.1. The van der Waals surface area contributed by atoms with Gasteiger partial charge in [0, 0.05) is 27.3 Å². The minimum Gasteiger partial charge on any atom is -0.467 e. The van der Waals surface area contributed by atoms with E-state index in [0.29, 0.717) is 30.8 Å². The fourth-order valence-corrected chi connectivity index (χ4v) is 8.63. The number of carbonyl (C=O) groups excluding carboxylic acids is 2. The molecule has 7 nitrogen and oxygen atoms in total. The third-order valence-corrected chi connectivity index (χ3v) is 11.3. The molecule has 0 fully saturated rings.